The van der Waals surface area contributed by atoms with Crippen LogP contribution in [0.1, 0.15) is 25.7 Å². The molecule has 0 aromatic carbocycles. The summed E-state index contributed by atoms with van der Waals surface area (Å²) in [6.07, 6.45) is 3.56. The molecule has 0 spiro atoms. The van der Waals surface area contributed by atoms with Gasteiger partial charge in [-0.2, -0.15) is 0 Å². The molecule has 4 aliphatic rings. The monoisotopic (exact) mass is 234 g/mol. The van der Waals surface area contributed by atoms with Crippen molar-refractivity contribution in [2.45, 2.75) is 31.3 Å². The Hall–Kier alpha value is -1.45. The lowest BCUT2D eigenvalue weighted by Crippen LogP contribution is -2.63. The molecular weight excluding hydrogens is 220 g/mol. The Balaban J connectivity index is 1.95. The van der Waals surface area contributed by atoms with Gasteiger partial charge in [0.25, 0.3) is 0 Å². The number of esters is 1. The highest BCUT2D eigenvalue weighted by molar-refractivity contribution is 6.11. The van der Waals surface area contributed by atoms with Crippen LogP contribution in [0, 0.1) is 17.8 Å². The van der Waals surface area contributed by atoms with Crippen LogP contribution in [-0.2, 0) is 19.1 Å². The first-order chi connectivity index (χ1) is 8.05. The molecule has 90 valence electrons. The molecule has 4 rings (SSSR count). The lowest BCUT2D eigenvalue weighted by molar-refractivity contribution is -0.189. The summed E-state index contributed by atoms with van der Waals surface area (Å²) < 4.78 is 5.30. The maximum absolute atomic E-state index is 12.2. The molecule has 4 nitrogen and oxygen atoms in total. The molecule has 0 heterocycles. The van der Waals surface area contributed by atoms with Gasteiger partial charge in [0.15, 0.2) is 11.4 Å². The second kappa shape index (κ2) is 3.28. The van der Waals surface area contributed by atoms with Gasteiger partial charge in [-0.05, 0) is 25.2 Å². The maximum Gasteiger partial charge on any atom is 0.331 e. The molecule has 4 bridgehead atoms. The molecule has 0 aromatic heterocycles. The van der Waals surface area contributed by atoms with Crippen LogP contribution < -0.4 is 0 Å². The number of carbonyl (C=O) groups excluding carboxylic acids is 3. The van der Waals surface area contributed by atoms with Crippen LogP contribution in [0.25, 0.3) is 0 Å². The molecular formula is C13H14O4. The average Bonchev–Trinajstić information content (AvgIpc) is 2.31. The number of Topliss-reactive ketones (excluding diaryl/α,β-unsaturated/α-hetero) is 2. The number of ketones is 2. The molecule has 0 radical (unpaired) electrons. The third-order valence-corrected chi connectivity index (χ3v) is 4.36. The van der Waals surface area contributed by atoms with Crippen molar-refractivity contribution in [1.29, 1.82) is 0 Å². The molecule has 4 saturated carbocycles. The Morgan fingerprint density at radius 1 is 1.35 bits per heavy atom. The summed E-state index contributed by atoms with van der Waals surface area (Å²) in [7, 11) is 0. The Kier molecular flexibility index (Phi) is 2.06. The van der Waals surface area contributed by atoms with E-state index in [-0.39, 0.29) is 17.5 Å². The van der Waals surface area contributed by atoms with E-state index in [4.69, 9.17) is 4.74 Å². The fourth-order valence-electron chi connectivity index (χ4n) is 3.77. The van der Waals surface area contributed by atoms with Crippen molar-refractivity contribution >= 4 is 17.5 Å². The van der Waals surface area contributed by atoms with E-state index in [0.29, 0.717) is 25.2 Å². The molecule has 4 heteroatoms. The standard InChI is InChI=1S/C13H14O4/c1-2-10(14)17-13-5-7-3-8(6-13)11(15)9(4-7)12(13)16/h2,7-9H,1,3-6H2. The minimum absolute atomic E-state index is 0.0660. The molecule has 4 fully saturated rings. The molecule has 4 unspecified atom stereocenters. The van der Waals surface area contributed by atoms with E-state index in [2.05, 4.69) is 6.58 Å². The van der Waals surface area contributed by atoms with Gasteiger partial charge < -0.3 is 4.74 Å². The van der Waals surface area contributed by atoms with Gasteiger partial charge in [-0.1, -0.05) is 6.58 Å². The number of carbonyl (C=O) groups is 3. The average molecular weight is 234 g/mol. The first-order valence-corrected chi connectivity index (χ1v) is 5.99. The zero-order valence-corrected chi connectivity index (χ0v) is 9.48. The number of hydrogen-bond donors (Lipinski definition) is 0. The molecule has 0 amide bonds. The van der Waals surface area contributed by atoms with Crippen LogP contribution in [0.5, 0.6) is 0 Å². The van der Waals surface area contributed by atoms with Gasteiger partial charge in [0.2, 0.25) is 0 Å². The summed E-state index contributed by atoms with van der Waals surface area (Å²) in [4.78, 5) is 35.5. The Morgan fingerprint density at radius 2 is 2.12 bits per heavy atom. The van der Waals surface area contributed by atoms with Gasteiger partial charge in [-0.3, -0.25) is 9.59 Å². The van der Waals surface area contributed by atoms with E-state index in [1.165, 1.54) is 0 Å². The van der Waals surface area contributed by atoms with Crippen molar-refractivity contribution in [3.8, 4) is 0 Å². The molecule has 0 aliphatic heterocycles. The van der Waals surface area contributed by atoms with E-state index in [9.17, 15) is 14.4 Å². The van der Waals surface area contributed by atoms with E-state index in [0.717, 1.165) is 12.5 Å². The topological polar surface area (TPSA) is 60.4 Å². The van der Waals surface area contributed by atoms with Crippen molar-refractivity contribution in [3.05, 3.63) is 12.7 Å². The van der Waals surface area contributed by atoms with Crippen molar-refractivity contribution < 1.29 is 19.1 Å². The highest BCUT2D eigenvalue weighted by Gasteiger charge is 2.62. The quantitative estimate of drug-likeness (QED) is 0.407. The van der Waals surface area contributed by atoms with E-state index in [1.807, 2.05) is 0 Å². The van der Waals surface area contributed by atoms with Crippen LogP contribution in [0.15, 0.2) is 12.7 Å². The number of ether oxygens (including phenoxy) is 1. The summed E-state index contributed by atoms with van der Waals surface area (Å²) in [5.41, 5.74) is -1.02. The van der Waals surface area contributed by atoms with Gasteiger partial charge in [-0.25, -0.2) is 4.79 Å². The van der Waals surface area contributed by atoms with Gasteiger partial charge in [0, 0.05) is 18.4 Å². The third-order valence-electron chi connectivity index (χ3n) is 4.36. The van der Waals surface area contributed by atoms with E-state index < -0.39 is 17.5 Å². The van der Waals surface area contributed by atoms with Crippen LogP contribution in [-0.4, -0.2) is 23.1 Å². The molecule has 4 aliphatic carbocycles. The van der Waals surface area contributed by atoms with Gasteiger partial charge in [0.1, 0.15) is 5.78 Å². The zero-order chi connectivity index (χ0) is 12.2. The summed E-state index contributed by atoms with van der Waals surface area (Å²) in [6.45, 7) is 3.35. The summed E-state index contributed by atoms with van der Waals surface area (Å²) in [5.74, 6) is -0.915. The number of rotatable bonds is 2. The van der Waals surface area contributed by atoms with Crippen LogP contribution in [0.3, 0.4) is 0 Å². The van der Waals surface area contributed by atoms with Gasteiger partial charge >= 0.3 is 5.97 Å². The Labute approximate surface area is 99.0 Å². The predicted octanol–water partition coefficient (Wildman–Crippen LogP) is 1.04. The molecule has 0 aromatic rings. The van der Waals surface area contributed by atoms with Gasteiger partial charge in [-0.15, -0.1) is 0 Å². The second-order valence-corrected chi connectivity index (χ2v) is 5.38. The van der Waals surface area contributed by atoms with Crippen LogP contribution in [0.2, 0.25) is 0 Å². The first-order valence-electron chi connectivity index (χ1n) is 5.99. The lowest BCUT2D eigenvalue weighted by atomic mass is 9.53. The summed E-state index contributed by atoms with van der Waals surface area (Å²) in [5, 5.41) is 0. The van der Waals surface area contributed by atoms with E-state index >= 15 is 0 Å². The molecule has 0 N–H and O–H groups in total. The maximum atomic E-state index is 12.2. The predicted molar refractivity (Wildman–Crippen MR) is 58.0 cm³/mol. The molecule has 4 atom stereocenters. The van der Waals surface area contributed by atoms with Crippen molar-refractivity contribution in [1.82, 2.24) is 0 Å². The van der Waals surface area contributed by atoms with E-state index in [1.54, 1.807) is 0 Å². The fraction of sp³-hybridized carbons (Fsp3) is 0.615. The van der Waals surface area contributed by atoms with Crippen molar-refractivity contribution in [2.75, 3.05) is 0 Å². The van der Waals surface area contributed by atoms with Crippen LogP contribution >= 0.6 is 0 Å². The highest BCUT2D eigenvalue weighted by Crippen LogP contribution is 2.53. The van der Waals surface area contributed by atoms with Crippen molar-refractivity contribution in [3.63, 3.8) is 0 Å². The molecule has 17 heavy (non-hydrogen) atoms. The fourth-order valence-corrected chi connectivity index (χ4v) is 3.77. The normalized spacial score (nSPS) is 42.7. The smallest absolute Gasteiger partial charge is 0.331 e. The summed E-state index contributed by atoms with van der Waals surface area (Å²) in [6, 6.07) is 0. The highest BCUT2D eigenvalue weighted by atomic mass is 16.6. The van der Waals surface area contributed by atoms with Gasteiger partial charge in [0.05, 0.1) is 5.92 Å². The Bertz CT molecular complexity index is 439. The number of hydrogen-bond acceptors (Lipinski definition) is 4. The zero-order valence-electron chi connectivity index (χ0n) is 9.48. The minimum Gasteiger partial charge on any atom is -0.448 e. The van der Waals surface area contributed by atoms with Crippen molar-refractivity contribution in [2.24, 2.45) is 17.8 Å². The molecule has 0 saturated heterocycles. The second-order valence-electron chi connectivity index (χ2n) is 5.38. The minimum atomic E-state index is -1.02. The lowest BCUT2D eigenvalue weighted by Gasteiger charge is -2.52. The summed E-state index contributed by atoms with van der Waals surface area (Å²) >= 11 is 0. The SMILES string of the molecule is C=CC(=O)OC12CC3CC(C1)C(=O)C(C3)C2=O. The first kappa shape index (κ1) is 10.7. The Morgan fingerprint density at radius 3 is 2.82 bits per heavy atom. The van der Waals surface area contributed by atoms with Crippen LogP contribution in [0.4, 0.5) is 0 Å². The largest absolute Gasteiger partial charge is 0.448 e. The third kappa shape index (κ3) is 1.33.